The summed E-state index contributed by atoms with van der Waals surface area (Å²) in [7, 11) is 0. The predicted octanol–water partition coefficient (Wildman–Crippen LogP) is 4.02. The van der Waals surface area contributed by atoms with Gasteiger partial charge in [-0.2, -0.15) is 5.26 Å². The molecule has 3 aromatic rings. The Labute approximate surface area is 152 Å². The van der Waals surface area contributed by atoms with E-state index in [4.69, 9.17) is 0 Å². The first-order valence-corrected chi connectivity index (χ1v) is 8.44. The number of anilines is 1. The van der Waals surface area contributed by atoms with Gasteiger partial charge < -0.3 is 10.6 Å². The quantitative estimate of drug-likeness (QED) is 0.526. The van der Waals surface area contributed by atoms with Crippen LogP contribution in [0.3, 0.4) is 0 Å². The molecule has 0 fully saturated rings. The topological polar surface area (TPSA) is 64.9 Å². The van der Waals surface area contributed by atoms with Crippen LogP contribution in [-0.2, 0) is 11.2 Å². The first kappa shape index (κ1) is 17.2. The van der Waals surface area contributed by atoms with Crippen LogP contribution in [0.4, 0.5) is 5.69 Å². The zero-order valence-corrected chi connectivity index (χ0v) is 14.3. The van der Waals surface area contributed by atoms with Crippen LogP contribution in [0.15, 0.2) is 84.6 Å². The Kier molecular flexibility index (Phi) is 5.64. The van der Waals surface area contributed by atoms with Crippen molar-refractivity contribution in [2.75, 3.05) is 11.9 Å². The Balaban J connectivity index is 1.59. The average Bonchev–Trinajstić information content (AvgIpc) is 2.69. The second-order valence-electron chi connectivity index (χ2n) is 5.87. The van der Waals surface area contributed by atoms with Gasteiger partial charge >= 0.3 is 0 Å². The van der Waals surface area contributed by atoms with E-state index in [-0.39, 0.29) is 11.5 Å². The number of nitrogens with zero attached hydrogens (tertiary/aromatic N) is 1. The van der Waals surface area contributed by atoms with Gasteiger partial charge in [0, 0.05) is 18.4 Å². The first-order chi connectivity index (χ1) is 12.8. The van der Waals surface area contributed by atoms with Gasteiger partial charge in [0.05, 0.1) is 0 Å². The summed E-state index contributed by atoms with van der Waals surface area (Å²) in [6, 6.07) is 25.8. The molecular formula is C22H19N3O. The van der Waals surface area contributed by atoms with Crippen molar-refractivity contribution in [1.29, 1.82) is 5.26 Å². The monoisotopic (exact) mass is 341 g/mol. The average molecular weight is 341 g/mol. The number of nitrogens with one attached hydrogen (secondary N) is 2. The van der Waals surface area contributed by atoms with Gasteiger partial charge in [-0.25, -0.2) is 0 Å². The van der Waals surface area contributed by atoms with Crippen LogP contribution in [0.25, 0.3) is 10.8 Å². The van der Waals surface area contributed by atoms with Gasteiger partial charge in [0.25, 0.3) is 5.91 Å². The highest BCUT2D eigenvalue weighted by Crippen LogP contribution is 2.19. The Morgan fingerprint density at radius 1 is 0.962 bits per heavy atom. The Bertz CT molecular complexity index is 971. The fourth-order valence-electron chi connectivity index (χ4n) is 2.64. The fourth-order valence-corrected chi connectivity index (χ4v) is 2.64. The summed E-state index contributed by atoms with van der Waals surface area (Å²) < 4.78 is 0. The Hall–Kier alpha value is -3.58. The molecule has 0 spiro atoms. The third-order valence-corrected chi connectivity index (χ3v) is 4.04. The Morgan fingerprint density at radius 2 is 1.69 bits per heavy atom. The smallest absolute Gasteiger partial charge is 0.263 e. The lowest BCUT2D eigenvalue weighted by molar-refractivity contribution is -0.117. The van der Waals surface area contributed by atoms with Crippen molar-refractivity contribution in [3.63, 3.8) is 0 Å². The third kappa shape index (κ3) is 4.49. The van der Waals surface area contributed by atoms with Crippen LogP contribution in [0.5, 0.6) is 0 Å². The van der Waals surface area contributed by atoms with E-state index in [1.54, 1.807) is 0 Å². The molecule has 0 bridgehead atoms. The van der Waals surface area contributed by atoms with Gasteiger partial charge in [-0.1, -0.05) is 60.7 Å². The minimum absolute atomic E-state index is 0.0474. The molecule has 26 heavy (non-hydrogen) atoms. The molecule has 1 amide bonds. The van der Waals surface area contributed by atoms with Crippen LogP contribution in [0.1, 0.15) is 5.56 Å². The van der Waals surface area contributed by atoms with Gasteiger partial charge in [0.2, 0.25) is 0 Å². The summed E-state index contributed by atoms with van der Waals surface area (Å²) in [6.45, 7) is 0.484. The number of carbonyl (C=O) groups is 1. The summed E-state index contributed by atoms with van der Waals surface area (Å²) in [5, 5.41) is 17.3. The SMILES string of the molecule is N#C/C(=C/Nc1ccc2ccccc2c1)C(=O)NCCc1ccccc1. The van der Waals surface area contributed by atoms with Crippen molar-refractivity contribution in [2.24, 2.45) is 0 Å². The number of hydrogen-bond acceptors (Lipinski definition) is 3. The highest BCUT2D eigenvalue weighted by atomic mass is 16.1. The molecule has 0 atom stereocenters. The van der Waals surface area contributed by atoms with Crippen molar-refractivity contribution in [2.45, 2.75) is 6.42 Å². The summed E-state index contributed by atoms with van der Waals surface area (Å²) in [5.74, 6) is -0.378. The molecule has 3 aromatic carbocycles. The molecule has 0 aliphatic rings. The largest absolute Gasteiger partial charge is 0.360 e. The van der Waals surface area contributed by atoms with E-state index < -0.39 is 0 Å². The third-order valence-electron chi connectivity index (χ3n) is 4.04. The van der Waals surface area contributed by atoms with Gasteiger partial charge in [-0.15, -0.1) is 0 Å². The maximum atomic E-state index is 12.2. The number of benzene rings is 3. The highest BCUT2D eigenvalue weighted by molar-refractivity contribution is 5.97. The molecule has 0 saturated heterocycles. The van der Waals surface area contributed by atoms with E-state index >= 15 is 0 Å². The Morgan fingerprint density at radius 3 is 2.46 bits per heavy atom. The van der Waals surface area contributed by atoms with E-state index in [1.807, 2.05) is 78.9 Å². The van der Waals surface area contributed by atoms with Gasteiger partial charge in [0.15, 0.2) is 0 Å². The second-order valence-corrected chi connectivity index (χ2v) is 5.87. The van der Waals surface area contributed by atoms with Crippen molar-refractivity contribution in [3.05, 3.63) is 90.1 Å². The van der Waals surface area contributed by atoms with E-state index in [0.29, 0.717) is 6.54 Å². The van der Waals surface area contributed by atoms with Crippen LogP contribution in [-0.4, -0.2) is 12.5 Å². The van der Waals surface area contributed by atoms with E-state index in [1.165, 1.54) is 6.20 Å². The van der Waals surface area contributed by atoms with E-state index in [9.17, 15) is 10.1 Å². The zero-order chi connectivity index (χ0) is 18.2. The first-order valence-electron chi connectivity index (χ1n) is 8.44. The zero-order valence-electron chi connectivity index (χ0n) is 14.3. The normalized spacial score (nSPS) is 11.0. The van der Waals surface area contributed by atoms with E-state index in [2.05, 4.69) is 10.6 Å². The molecule has 0 aliphatic carbocycles. The van der Waals surface area contributed by atoms with Crippen LogP contribution in [0, 0.1) is 11.3 Å². The molecule has 0 heterocycles. The maximum Gasteiger partial charge on any atom is 0.263 e. The molecule has 128 valence electrons. The lowest BCUT2D eigenvalue weighted by atomic mass is 10.1. The molecule has 3 rings (SSSR count). The lowest BCUT2D eigenvalue weighted by Crippen LogP contribution is -2.27. The number of fused-ring (bicyclic) bond motifs is 1. The summed E-state index contributed by atoms with van der Waals surface area (Å²) in [4.78, 5) is 12.2. The standard InChI is InChI=1S/C22H19N3O/c23-15-20(22(26)24-13-12-17-6-2-1-3-7-17)16-25-21-11-10-18-8-4-5-9-19(18)14-21/h1-11,14,16,25H,12-13H2,(H,24,26)/b20-16-. The number of nitriles is 1. The van der Waals surface area contributed by atoms with Crippen LogP contribution in [0.2, 0.25) is 0 Å². The molecule has 4 heteroatoms. The molecule has 4 nitrogen and oxygen atoms in total. The van der Waals surface area contributed by atoms with Gasteiger partial charge in [-0.3, -0.25) is 4.79 Å². The summed E-state index contributed by atoms with van der Waals surface area (Å²) in [6.07, 6.45) is 2.17. The number of rotatable bonds is 6. The van der Waals surface area contributed by atoms with Crippen molar-refractivity contribution in [3.8, 4) is 6.07 Å². The molecular weight excluding hydrogens is 322 g/mol. The van der Waals surface area contributed by atoms with Gasteiger partial charge in [-0.05, 0) is 34.9 Å². The van der Waals surface area contributed by atoms with Gasteiger partial charge in [0.1, 0.15) is 11.6 Å². The molecule has 0 aliphatic heterocycles. The fraction of sp³-hybridized carbons (Fsp3) is 0.0909. The summed E-state index contributed by atoms with van der Waals surface area (Å²) >= 11 is 0. The van der Waals surface area contributed by atoms with Crippen molar-refractivity contribution >= 4 is 22.4 Å². The number of amides is 1. The van der Waals surface area contributed by atoms with Crippen LogP contribution < -0.4 is 10.6 Å². The van der Waals surface area contributed by atoms with Crippen molar-refractivity contribution in [1.82, 2.24) is 5.32 Å². The highest BCUT2D eigenvalue weighted by Gasteiger charge is 2.08. The van der Waals surface area contributed by atoms with E-state index in [0.717, 1.165) is 28.4 Å². The summed E-state index contributed by atoms with van der Waals surface area (Å²) in [5.41, 5.74) is 2.02. The maximum absolute atomic E-state index is 12.2. The van der Waals surface area contributed by atoms with Crippen molar-refractivity contribution < 1.29 is 4.79 Å². The molecule has 0 saturated carbocycles. The molecule has 0 radical (unpaired) electrons. The predicted molar refractivity (Wildman–Crippen MR) is 104 cm³/mol. The van der Waals surface area contributed by atoms with Crippen LogP contribution >= 0.6 is 0 Å². The second kappa shape index (κ2) is 8.50. The minimum Gasteiger partial charge on any atom is -0.360 e. The molecule has 0 unspecified atom stereocenters. The minimum atomic E-state index is -0.378. The molecule has 2 N–H and O–H groups in total. The number of hydrogen-bond donors (Lipinski definition) is 2. The molecule has 0 aromatic heterocycles. The lowest BCUT2D eigenvalue weighted by Gasteiger charge is -2.06. The number of carbonyl (C=O) groups excluding carboxylic acids is 1.